The molecule has 0 atom stereocenters. The minimum Gasteiger partial charge on any atom is -0.366 e. The molecule has 0 fully saturated rings. The number of nitrogens with two attached hydrogens (primary N) is 2. The Balaban J connectivity index is 1.66. The molecule has 3 aromatic heterocycles. The van der Waals surface area contributed by atoms with Gasteiger partial charge in [-0.2, -0.15) is 0 Å². The number of rotatable bonds is 4. The van der Waals surface area contributed by atoms with E-state index in [0.29, 0.717) is 44.0 Å². The van der Waals surface area contributed by atoms with Crippen molar-refractivity contribution in [3.8, 4) is 16.8 Å². The molecule has 6 rings (SSSR count). The molecule has 0 aliphatic heterocycles. The number of primary amides is 2. The number of aromatic amines is 1. The molecule has 180 valence electrons. The number of aromatic nitrogens is 4. The van der Waals surface area contributed by atoms with Gasteiger partial charge in [0.25, 0.3) is 17.4 Å². The summed E-state index contributed by atoms with van der Waals surface area (Å²) in [5.41, 5.74) is 16.3. The van der Waals surface area contributed by atoms with E-state index in [1.54, 1.807) is 24.3 Å². The quantitative estimate of drug-likeness (QED) is 0.347. The summed E-state index contributed by atoms with van der Waals surface area (Å²) in [6, 6.07) is 17.9. The van der Waals surface area contributed by atoms with Gasteiger partial charge in [-0.05, 0) is 53.9 Å². The topological polar surface area (TPSA) is 150 Å². The van der Waals surface area contributed by atoms with E-state index in [9.17, 15) is 14.4 Å². The number of H-pyrrole nitrogens is 1. The number of amides is 2. The van der Waals surface area contributed by atoms with Crippen LogP contribution in [0.2, 0.25) is 0 Å². The third kappa shape index (κ3) is 3.36. The van der Waals surface area contributed by atoms with Crippen LogP contribution in [0.15, 0.2) is 78.0 Å². The number of benzene rings is 3. The van der Waals surface area contributed by atoms with Gasteiger partial charge in [-0.25, -0.2) is 9.97 Å². The van der Waals surface area contributed by atoms with Gasteiger partial charge in [0.2, 0.25) is 0 Å². The van der Waals surface area contributed by atoms with Crippen LogP contribution in [0.1, 0.15) is 26.4 Å². The van der Waals surface area contributed by atoms with E-state index in [4.69, 9.17) is 11.5 Å². The standard InChI is InChI=1S/C28H20N6O3/c1-14-15(6-4-8-23(14)34-13-32-20-7-3-2-5-17(20)28(34)37)16-9-10-18(26(29)35)25-24(16)19-11-21(27(30)36)31-12-22(19)33-25/h2-13,33H,1H3,(H2,29,35)(H2,30,36). The maximum absolute atomic E-state index is 13.3. The first-order valence-corrected chi connectivity index (χ1v) is 11.5. The summed E-state index contributed by atoms with van der Waals surface area (Å²) >= 11 is 0. The maximum Gasteiger partial charge on any atom is 0.267 e. The van der Waals surface area contributed by atoms with E-state index in [-0.39, 0.29) is 11.3 Å². The molecule has 9 heteroatoms. The Morgan fingerprint density at radius 3 is 2.49 bits per heavy atom. The van der Waals surface area contributed by atoms with Crippen LogP contribution < -0.4 is 17.0 Å². The first-order chi connectivity index (χ1) is 17.8. The first-order valence-electron chi connectivity index (χ1n) is 11.5. The van der Waals surface area contributed by atoms with Gasteiger partial charge in [0.1, 0.15) is 12.0 Å². The molecular formula is C28H20N6O3. The lowest BCUT2D eigenvalue weighted by molar-refractivity contribution is 0.0990. The summed E-state index contributed by atoms with van der Waals surface area (Å²) in [7, 11) is 0. The van der Waals surface area contributed by atoms with Crippen LogP contribution in [0.4, 0.5) is 0 Å². The molecule has 37 heavy (non-hydrogen) atoms. The molecule has 3 aromatic carbocycles. The lowest BCUT2D eigenvalue weighted by Crippen LogP contribution is -2.19. The zero-order valence-electron chi connectivity index (χ0n) is 19.6. The minimum absolute atomic E-state index is 0.100. The molecule has 0 spiro atoms. The number of nitrogens with one attached hydrogen (secondary N) is 1. The van der Waals surface area contributed by atoms with Gasteiger partial charge < -0.3 is 16.5 Å². The molecule has 0 bridgehead atoms. The summed E-state index contributed by atoms with van der Waals surface area (Å²) in [4.78, 5) is 49.2. The first kappa shape index (κ1) is 22.2. The number of hydrogen-bond donors (Lipinski definition) is 3. The molecule has 9 nitrogen and oxygen atoms in total. The number of nitrogens with zero attached hydrogens (tertiary/aromatic N) is 3. The van der Waals surface area contributed by atoms with Crippen LogP contribution in [0.25, 0.3) is 49.5 Å². The molecule has 0 unspecified atom stereocenters. The minimum atomic E-state index is -0.662. The van der Waals surface area contributed by atoms with Gasteiger partial charge in [-0.15, -0.1) is 0 Å². The molecule has 3 heterocycles. The zero-order chi connectivity index (χ0) is 25.8. The highest BCUT2D eigenvalue weighted by Gasteiger charge is 2.20. The van der Waals surface area contributed by atoms with E-state index in [0.717, 1.165) is 16.7 Å². The van der Waals surface area contributed by atoms with Gasteiger partial charge in [0.05, 0.1) is 39.4 Å². The smallest absolute Gasteiger partial charge is 0.267 e. The highest BCUT2D eigenvalue weighted by Crippen LogP contribution is 2.38. The van der Waals surface area contributed by atoms with Crippen molar-refractivity contribution in [1.82, 2.24) is 19.5 Å². The second-order valence-corrected chi connectivity index (χ2v) is 8.77. The van der Waals surface area contributed by atoms with Crippen LogP contribution in [-0.2, 0) is 0 Å². The van der Waals surface area contributed by atoms with Gasteiger partial charge in [0, 0.05) is 10.8 Å². The Morgan fingerprint density at radius 2 is 1.70 bits per heavy atom. The average molecular weight is 489 g/mol. The van der Waals surface area contributed by atoms with E-state index in [1.807, 2.05) is 43.3 Å². The second kappa shape index (κ2) is 8.13. The molecule has 6 aromatic rings. The highest BCUT2D eigenvalue weighted by molar-refractivity contribution is 6.20. The molecule has 5 N–H and O–H groups in total. The predicted octanol–water partition coefficient (Wildman–Crippen LogP) is 3.59. The third-order valence-corrected chi connectivity index (χ3v) is 6.68. The van der Waals surface area contributed by atoms with E-state index in [2.05, 4.69) is 15.0 Å². The maximum atomic E-state index is 13.3. The molecule has 0 aliphatic rings. The number of carbonyl (C=O) groups excluding carboxylic acids is 2. The molecule has 2 amide bonds. The van der Waals surface area contributed by atoms with Gasteiger partial charge in [-0.1, -0.05) is 30.3 Å². The molecule has 0 radical (unpaired) electrons. The van der Waals surface area contributed by atoms with Crippen LogP contribution >= 0.6 is 0 Å². The second-order valence-electron chi connectivity index (χ2n) is 8.77. The van der Waals surface area contributed by atoms with Crippen LogP contribution in [0.3, 0.4) is 0 Å². The molecule has 0 aliphatic carbocycles. The van der Waals surface area contributed by atoms with Crippen molar-refractivity contribution in [1.29, 1.82) is 0 Å². The van der Waals surface area contributed by atoms with Gasteiger partial charge >= 0.3 is 0 Å². The Kier molecular flexibility index (Phi) is 4.87. The number of hydrogen-bond acceptors (Lipinski definition) is 5. The van der Waals surface area contributed by atoms with E-state index in [1.165, 1.54) is 17.1 Å². The number of pyridine rings is 1. The number of carbonyl (C=O) groups is 2. The summed E-state index contributed by atoms with van der Waals surface area (Å²) in [6.07, 6.45) is 3.03. The normalized spacial score (nSPS) is 11.4. The fourth-order valence-corrected chi connectivity index (χ4v) is 4.89. The SMILES string of the molecule is Cc1c(-c2ccc(C(N)=O)c3[nH]c4cnc(C(N)=O)cc4c23)cccc1-n1cnc2ccccc2c1=O. The monoisotopic (exact) mass is 488 g/mol. The highest BCUT2D eigenvalue weighted by atomic mass is 16.1. The average Bonchev–Trinajstić information content (AvgIpc) is 3.28. The predicted molar refractivity (Wildman–Crippen MR) is 142 cm³/mol. The summed E-state index contributed by atoms with van der Waals surface area (Å²) < 4.78 is 1.53. The van der Waals surface area contributed by atoms with Crippen LogP contribution in [0.5, 0.6) is 0 Å². The van der Waals surface area contributed by atoms with Gasteiger partial charge in [-0.3, -0.25) is 19.0 Å². The van der Waals surface area contributed by atoms with Crippen molar-refractivity contribution in [2.45, 2.75) is 6.92 Å². The Morgan fingerprint density at radius 1 is 0.892 bits per heavy atom. The fraction of sp³-hybridized carbons (Fsp3) is 0.0357. The van der Waals surface area contributed by atoms with E-state index < -0.39 is 11.8 Å². The van der Waals surface area contributed by atoms with Crippen LogP contribution in [-0.4, -0.2) is 31.3 Å². The Labute approximate surface area is 209 Å². The van der Waals surface area contributed by atoms with Crippen molar-refractivity contribution >= 4 is 44.5 Å². The van der Waals surface area contributed by atoms with Crippen LogP contribution in [0, 0.1) is 6.92 Å². The number of fused-ring (bicyclic) bond motifs is 4. The fourth-order valence-electron chi connectivity index (χ4n) is 4.89. The van der Waals surface area contributed by atoms with Crippen molar-refractivity contribution < 1.29 is 9.59 Å². The lowest BCUT2D eigenvalue weighted by atomic mass is 9.93. The third-order valence-electron chi connectivity index (χ3n) is 6.68. The molecule has 0 saturated heterocycles. The largest absolute Gasteiger partial charge is 0.366 e. The van der Waals surface area contributed by atoms with Gasteiger partial charge in [0.15, 0.2) is 0 Å². The zero-order valence-corrected chi connectivity index (χ0v) is 19.6. The summed E-state index contributed by atoms with van der Waals surface area (Å²) in [5, 5.41) is 1.89. The van der Waals surface area contributed by atoms with E-state index >= 15 is 0 Å². The Hall–Kier alpha value is -5.31. The van der Waals surface area contributed by atoms with Crippen molar-refractivity contribution in [3.63, 3.8) is 0 Å². The Bertz CT molecular complexity index is 1990. The van der Waals surface area contributed by atoms with Crippen molar-refractivity contribution in [2.24, 2.45) is 11.5 Å². The lowest BCUT2D eigenvalue weighted by Gasteiger charge is -2.15. The summed E-state index contributed by atoms with van der Waals surface area (Å²) in [5.74, 6) is -1.25. The summed E-state index contributed by atoms with van der Waals surface area (Å²) in [6.45, 7) is 1.92. The van der Waals surface area contributed by atoms with Crippen molar-refractivity contribution in [2.75, 3.05) is 0 Å². The number of para-hydroxylation sites is 1. The molecule has 0 saturated carbocycles. The molecular weight excluding hydrogens is 468 g/mol. The van der Waals surface area contributed by atoms with Crippen molar-refractivity contribution in [3.05, 3.63) is 100 Å².